The van der Waals surface area contributed by atoms with Gasteiger partial charge in [0, 0.05) is 5.38 Å². The molecule has 1 aromatic heterocycles. The first-order chi connectivity index (χ1) is 7.28. The van der Waals surface area contributed by atoms with Gasteiger partial charge in [-0.2, -0.15) is 4.98 Å². The quantitative estimate of drug-likeness (QED) is 0.830. The lowest BCUT2D eigenvalue weighted by Crippen LogP contribution is -2.25. The van der Waals surface area contributed by atoms with Crippen LogP contribution in [-0.2, 0) is 0 Å². The van der Waals surface area contributed by atoms with E-state index in [1.807, 2.05) is 5.38 Å². The van der Waals surface area contributed by atoms with Gasteiger partial charge in [0.2, 0.25) is 0 Å². The van der Waals surface area contributed by atoms with Crippen LogP contribution >= 0.6 is 27.3 Å². The van der Waals surface area contributed by atoms with Crippen LogP contribution < -0.4 is 4.74 Å². The van der Waals surface area contributed by atoms with Crippen LogP contribution in [0.2, 0.25) is 0 Å². The molecule has 1 heterocycles. The molecule has 2 atom stereocenters. The number of halogens is 1. The molecule has 0 spiro atoms. The fourth-order valence-electron chi connectivity index (χ4n) is 2.16. The number of hydrogen-bond donors (Lipinski definition) is 0. The van der Waals surface area contributed by atoms with Gasteiger partial charge in [-0.15, -0.1) is 0 Å². The molecule has 4 heteroatoms. The van der Waals surface area contributed by atoms with Crippen LogP contribution in [-0.4, -0.2) is 11.1 Å². The highest BCUT2D eigenvalue weighted by Gasteiger charge is 2.22. The second-order valence-electron chi connectivity index (χ2n) is 4.12. The van der Waals surface area contributed by atoms with Gasteiger partial charge in [0.15, 0.2) is 0 Å². The van der Waals surface area contributed by atoms with Gasteiger partial charge in [-0.3, -0.25) is 0 Å². The average molecular weight is 290 g/mol. The first-order valence-electron chi connectivity index (χ1n) is 5.55. The summed E-state index contributed by atoms with van der Waals surface area (Å²) in [5, 5.41) is 2.78. The molecule has 1 fully saturated rings. The van der Waals surface area contributed by atoms with E-state index < -0.39 is 0 Å². The van der Waals surface area contributed by atoms with E-state index >= 15 is 0 Å². The van der Waals surface area contributed by atoms with E-state index in [1.54, 1.807) is 11.3 Å². The third kappa shape index (κ3) is 3.18. The number of ether oxygens (including phenoxy) is 1. The molecule has 0 bridgehead atoms. The predicted molar refractivity (Wildman–Crippen MR) is 66.5 cm³/mol. The number of nitrogens with zero attached hydrogens (tertiary/aromatic N) is 1. The van der Waals surface area contributed by atoms with Crippen LogP contribution in [0.25, 0.3) is 0 Å². The van der Waals surface area contributed by atoms with E-state index in [-0.39, 0.29) is 0 Å². The van der Waals surface area contributed by atoms with E-state index in [9.17, 15) is 0 Å². The third-order valence-electron chi connectivity index (χ3n) is 3.03. The summed E-state index contributed by atoms with van der Waals surface area (Å²) >= 11 is 4.91. The van der Waals surface area contributed by atoms with Crippen LogP contribution in [0.15, 0.2) is 9.98 Å². The van der Waals surface area contributed by atoms with Gasteiger partial charge in [-0.05, 0) is 41.1 Å². The lowest BCUT2D eigenvalue weighted by atomic mass is 9.86. The Bertz CT molecular complexity index is 315. The molecule has 0 aliphatic heterocycles. The Morgan fingerprint density at radius 3 is 3.13 bits per heavy atom. The van der Waals surface area contributed by atoms with Crippen molar-refractivity contribution in [2.45, 2.75) is 45.1 Å². The van der Waals surface area contributed by atoms with Crippen molar-refractivity contribution in [1.82, 2.24) is 4.98 Å². The number of aromatic nitrogens is 1. The molecular formula is C11H16BrNOS. The number of hydrogen-bond acceptors (Lipinski definition) is 3. The zero-order chi connectivity index (χ0) is 10.7. The highest BCUT2D eigenvalue weighted by molar-refractivity contribution is 9.10. The normalized spacial score (nSPS) is 26.5. The fraction of sp³-hybridized carbons (Fsp3) is 0.727. The van der Waals surface area contributed by atoms with E-state index in [0.717, 1.165) is 15.7 Å². The summed E-state index contributed by atoms with van der Waals surface area (Å²) in [6, 6.07) is 0. The van der Waals surface area contributed by atoms with Crippen molar-refractivity contribution in [1.29, 1.82) is 0 Å². The molecule has 15 heavy (non-hydrogen) atoms. The Morgan fingerprint density at radius 1 is 1.60 bits per heavy atom. The summed E-state index contributed by atoms with van der Waals surface area (Å²) in [5.41, 5.74) is 0. The van der Waals surface area contributed by atoms with E-state index in [1.165, 1.54) is 32.1 Å². The van der Waals surface area contributed by atoms with Crippen LogP contribution in [0.1, 0.15) is 39.0 Å². The second-order valence-corrected chi connectivity index (χ2v) is 5.75. The molecule has 0 aromatic carbocycles. The van der Waals surface area contributed by atoms with E-state index in [2.05, 4.69) is 27.8 Å². The van der Waals surface area contributed by atoms with Crippen LogP contribution in [0.3, 0.4) is 0 Å². The van der Waals surface area contributed by atoms with Gasteiger partial charge >= 0.3 is 0 Å². The van der Waals surface area contributed by atoms with E-state index in [4.69, 9.17) is 4.74 Å². The summed E-state index contributed by atoms with van der Waals surface area (Å²) in [6.45, 7) is 2.27. The Kier molecular flexibility index (Phi) is 4.03. The monoisotopic (exact) mass is 289 g/mol. The van der Waals surface area contributed by atoms with Gasteiger partial charge in [0.05, 0.1) is 0 Å². The first kappa shape index (κ1) is 11.4. The molecule has 2 unspecified atom stereocenters. The zero-order valence-electron chi connectivity index (χ0n) is 8.91. The van der Waals surface area contributed by atoms with Gasteiger partial charge in [0.1, 0.15) is 10.7 Å². The van der Waals surface area contributed by atoms with Crippen molar-refractivity contribution in [3.63, 3.8) is 0 Å². The molecular weight excluding hydrogens is 274 g/mol. The predicted octanol–water partition coefficient (Wildman–Crippen LogP) is 4.25. The van der Waals surface area contributed by atoms with Crippen molar-refractivity contribution >= 4 is 27.3 Å². The summed E-state index contributed by atoms with van der Waals surface area (Å²) in [6.07, 6.45) is 6.73. The minimum atomic E-state index is 0.391. The Hall–Kier alpha value is -0.0900. The highest BCUT2D eigenvalue weighted by Crippen LogP contribution is 2.31. The Balaban J connectivity index is 1.88. The SMILES string of the molecule is CCC1CCCC(Oc2nc(Br)cs2)C1. The molecule has 1 saturated carbocycles. The van der Waals surface area contributed by atoms with Crippen molar-refractivity contribution < 1.29 is 4.74 Å². The maximum absolute atomic E-state index is 5.89. The van der Waals surface area contributed by atoms with Crippen molar-refractivity contribution in [2.75, 3.05) is 0 Å². The smallest absolute Gasteiger partial charge is 0.274 e. The van der Waals surface area contributed by atoms with Crippen molar-refractivity contribution in [3.8, 4) is 5.19 Å². The minimum absolute atomic E-state index is 0.391. The van der Waals surface area contributed by atoms with Crippen LogP contribution in [0.4, 0.5) is 0 Å². The van der Waals surface area contributed by atoms with Crippen molar-refractivity contribution in [3.05, 3.63) is 9.98 Å². The average Bonchev–Trinajstić information content (AvgIpc) is 2.64. The molecule has 84 valence electrons. The highest BCUT2D eigenvalue weighted by atomic mass is 79.9. The number of thiazole rings is 1. The standard InChI is InChI=1S/C11H16BrNOS/c1-2-8-4-3-5-9(6-8)14-11-13-10(12)7-15-11/h7-9H,2-6H2,1H3. The van der Waals surface area contributed by atoms with Crippen LogP contribution in [0.5, 0.6) is 5.19 Å². The fourth-order valence-corrected chi connectivity index (χ4v) is 3.31. The van der Waals surface area contributed by atoms with Gasteiger partial charge in [0.25, 0.3) is 5.19 Å². The summed E-state index contributed by atoms with van der Waals surface area (Å²) in [7, 11) is 0. The molecule has 0 saturated heterocycles. The lowest BCUT2D eigenvalue weighted by molar-refractivity contribution is 0.121. The molecule has 0 radical (unpaired) electrons. The summed E-state index contributed by atoms with van der Waals surface area (Å²) in [5.74, 6) is 0.854. The van der Waals surface area contributed by atoms with Crippen molar-refractivity contribution in [2.24, 2.45) is 5.92 Å². The topological polar surface area (TPSA) is 22.1 Å². The maximum Gasteiger partial charge on any atom is 0.274 e. The number of rotatable bonds is 3. The minimum Gasteiger partial charge on any atom is -0.467 e. The molecule has 2 rings (SSSR count). The van der Waals surface area contributed by atoms with Crippen LogP contribution in [0, 0.1) is 5.92 Å². The molecule has 1 aliphatic rings. The molecule has 0 N–H and O–H groups in total. The van der Waals surface area contributed by atoms with Gasteiger partial charge in [-0.25, -0.2) is 0 Å². The molecule has 0 amide bonds. The molecule has 1 aromatic rings. The summed E-state index contributed by atoms with van der Waals surface area (Å²) in [4.78, 5) is 4.27. The second kappa shape index (κ2) is 5.30. The van der Waals surface area contributed by atoms with Gasteiger partial charge < -0.3 is 4.74 Å². The molecule has 2 nitrogen and oxygen atoms in total. The largest absolute Gasteiger partial charge is 0.467 e. The zero-order valence-corrected chi connectivity index (χ0v) is 11.3. The van der Waals surface area contributed by atoms with Gasteiger partial charge in [-0.1, -0.05) is 31.1 Å². The lowest BCUT2D eigenvalue weighted by Gasteiger charge is -2.27. The molecule has 1 aliphatic carbocycles. The Labute approximate surface area is 103 Å². The Morgan fingerprint density at radius 2 is 2.47 bits per heavy atom. The summed E-state index contributed by atoms with van der Waals surface area (Å²) < 4.78 is 6.77. The van der Waals surface area contributed by atoms with E-state index in [0.29, 0.717) is 6.10 Å². The third-order valence-corrected chi connectivity index (χ3v) is 4.47. The first-order valence-corrected chi connectivity index (χ1v) is 7.23. The maximum atomic E-state index is 5.89.